The Kier molecular flexibility index (Phi) is 1.55. The predicted octanol–water partition coefficient (Wildman–Crippen LogP) is 0.525. The normalized spacial score (nSPS) is 11.0. The summed E-state index contributed by atoms with van der Waals surface area (Å²) in [5, 5.41) is 11.9. The van der Waals surface area contributed by atoms with Gasteiger partial charge in [-0.15, -0.1) is 10.2 Å². The van der Waals surface area contributed by atoms with Crippen molar-refractivity contribution in [3.05, 3.63) is 30.7 Å². The van der Waals surface area contributed by atoms with Gasteiger partial charge in [0.2, 0.25) is 5.82 Å². The molecule has 6 heteroatoms. The maximum atomic E-state index is 4.19. The lowest BCUT2D eigenvalue weighted by Crippen LogP contribution is -1.92. The number of aryl methyl sites for hydroxylation is 1. The van der Waals surface area contributed by atoms with Gasteiger partial charge >= 0.3 is 0 Å². The first-order valence-electron chi connectivity index (χ1n) is 4.50. The van der Waals surface area contributed by atoms with Crippen LogP contribution in [0, 0.1) is 0 Å². The Morgan fingerprint density at radius 1 is 1.27 bits per heavy atom. The molecule has 0 atom stereocenters. The van der Waals surface area contributed by atoms with Crippen LogP contribution >= 0.6 is 0 Å². The molecule has 0 saturated carbocycles. The van der Waals surface area contributed by atoms with Crippen molar-refractivity contribution in [1.82, 2.24) is 29.6 Å². The van der Waals surface area contributed by atoms with Gasteiger partial charge in [-0.3, -0.25) is 0 Å². The van der Waals surface area contributed by atoms with Gasteiger partial charge < -0.3 is 4.40 Å². The summed E-state index contributed by atoms with van der Waals surface area (Å²) in [6.07, 6.45) is 5.57. The molecule has 0 unspecified atom stereocenters. The van der Waals surface area contributed by atoms with Crippen LogP contribution in [0.2, 0.25) is 0 Å². The van der Waals surface area contributed by atoms with Gasteiger partial charge in [-0.25, -0.2) is 4.98 Å². The highest BCUT2D eigenvalue weighted by Crippen LogP contribution is 2.14. The number of nitrogens with zero attached hydrogens (tertiary/aromatic N) is 6. The van der Waals surface area contributed by atoms with Crippen LogP contribution in [0.1, 0.15) is 0 Å². The van der Waals surface area contributed by atoms with Crippen LogP contribution in [0.15, 0.2) is 30.7 Å². The fourth-order valence-electron chi connectivity index (χ4n) is 1.45. The van der Waals surface area contributed by atoms with E-state index in [0.717, 1.165) is 11.2 Å². The fraction of sp³-hybridized carbons (Fsp3) is 0.111. The molecule has 3 heterocycles. The highest BCUT2D eigenvalue weighted by Gasteiger charge is 2.05. The second-order valence-electron chi connectivity index (χ2n) is 3.21. The van der Waals surface area contributed by atoms with E-state index in [4.69, 9.17) is 0 Å². The Morgan fingerprint density at radius 2 is 2.20 bits per heavy atom. The van der Waals surface area contributed by atoms with Crippen molar-refractivity contribution in [3.63, 3.8) is 0 Å². The first-order valence-corrected chi connectivity index (χ1v) is 4.50. The number of tetrazole rings is 1. The minimum Gasteiger partial charge on any atom is -0.307 e. The van der Waals surface area contributed by atoms with Crippen molar-refractivity contribution in [2.45, 2.75) is 0 Å². The van der Waals surface area contributed by atoms with Crippen molar-refractivity contribution >= 4 is 5.65 Å². The zero-order valence-corrected chi connectivity index (χ0v) is 8.07. The van der Waals surface area contributed by atoms with Gasteiger partial charge in [0.25, 0.3) is 0 Å². The van der Waals surface area contributed by atoms with Crippen molar-refractivity contribution in [2.75, 3.05) is 0 Å². The van der Waals surface area contributed by atoms with E-state index < -0.39 is 0 Å². The molecule has 0 aliphatic carbocycles. The summed E-state index contributed by atoms with van der Waals surface area (Å²) < 4.78 is 1.93. The third kappa shape index (κ3) is 1.26. The molecule has 0 N–H and O–H groups in total. The zero-order valence-electron chi connectivity index (χ0n) is 8.07. The summed E-state index contributed by atoms with van der Waals surface area (Å²) in [5.41, 5.74) is 1.79. The molecule has 0 aliphatic heterocycles. The molecule has 15 heavy (non-hydrogen) atoms. The minimum atomic E-state index is 0.614. The number of fused-ring (bicyclic) bond motifs is 1. The van der Waals surface area contributed by atoms with Crippen LogP contribution in [0.4, 0.5) is 0 Å². The second-order valence-corrected chi connectivity index (χ2v) is 3.21. The number of imidazole rings is 1. The van der Waals surface area contributed by atoms with E-state index in [9.17, 15) is 0 Å². The molecular weight excluding hydrogens is 192 g/mol. The molecule has 0 radical (unpaired) electrons. The Hall–Kier alpha value is -2.24. The molecular formula is C9H8N6. The van der Waals surface area contributed by atoms with Gasteiger partial charge in [-0.05, 0) is 17.3 Å². The average Bonchev–Trinajstić information content (AvgIpc) is 2.84. The number of hydrogen-bond acceptors (Lipinski definition) is 4. The lowest BCUT2D eigenvalue weighted by atomic mass is 10.2. The second kappa shape index (κ2) is 2.88. The summed E-state index contributed by atoms with van der Waals surface area (Å²) >= 11 is 0. The Balaban J connectivity index is 2.18. The summed E-state index contributed by atoms with van der Waals surface area (Å²) in [4.78, 5) is 5.63. The smallest absolute Gasteiger partial charge is 0.205 e. The maximum Gasteiger partial charge on any atom is 0.205 e. The summed E-state index contributed by atoms with van der Waals surface area (Å²) in [7, 11) is 1.74. The predicted molar refractivity (Wildman–Crippen MR) is 53.0 cm³/mol. The van der Waals surface area contributed by atoms with E-state index in [1.807, 2.05) is 28.9 Å². The Labute approximate surface area is 85.2 Å². The molecule has 3 aromatic rings. The van der Waals surface area contributed by atoms with Crippen molar-refractivity contribution in [2.24, 2.45) is 7.05 Å². The fourth-order valence-corrected chi connectivity index (χ4v) is 1.45. The molecule has 3 aromatic heterocycles. The third-order valence-electron chi connectivity index (χ3n) is 2.16. The SMILES string of the molecule is Cn1nnc(-c2ccn3ccnc3c2)n1. The van der Waals surface area contributed by atoms with Crippen LogP contribution in [-0.4, -0.2) is 29.6 Å². The monoisotopic (exact) mass is 200 g/mol. The highest BCUT2D eigenvalue weighted by molar-refractivity contribution is 5.60. The summed E-state index contributed by atoms with van der Waals surface area (Å²) in [6.45, 7) is 0. The van der Waals surface area contributed by atoms with E-state index >= 15 is 0 Å². The lowest BCUT2D eigenvalue weighted by Gasteiger charge is -1.95. The Morgan fingerprint density at radius 3 is 3.00 bits per heavy atom. The summed E-state index contributed by atoms with van der Waals surface area (Å²) in [6, 6.07) is 3.86. The third-order valence-corrected chi connectivity index (χ3v) is 2.16. The van der Waals surface area contributed by atoms with Gasteiger partial charge in [-0.2, -0.15) is 4.80 Å². The quantitative estimate of drug-likeness (QED) is 0.574. The topological polar surface area (TPSA) is 60.9 Å². The van der Waals surface area contributed by atoms with Crippen LogP contribution in [0.25, 0.3) is 17.0 Å². The Bertz CT molecular complexity index is 608. The van der Waals surface area contributed by atoms with E-state index in [1.165, 1.54) is 4.80 Å². The number of aromatic nitrogens is 6. The van der Waals surface area contributed by atoms with Gasteiger partial charge in [-0.1, -0.05) is 0 Å². The molecule has 0 saturated heterocycles. The standard InChI is InChI=1S/C9H8N6/c1-14-12-9(11-13-14)7-2-4-15-5-3-10-8(15)6-7/h2-6H,1H3. The van der Waals surface area contributed by atoms with Crippen LogP contribution in [-0.2, 0) is 7.05 Å². The highest BCUT2D eigenvalue weighted by atomic mass is 15.6. The largest absolute Gasteiger partial charge is 0.307 e. The van der Waals surface area contributed by atoms with Gasteiger partial charge in [0, 0.05) is 24.2 Å². The number of pyridine rings is 1. The molecule has 0 fully saturated rings. The molecule has 0 bridgehead atoms. The van der Waals surface area contributed by atoms with E-state index in [1.54, 1.807) is 13.2 Å². The molecule has 0 spiro atoms. The van der Waals surface area contributed by atoms with Crippen LogP contribution < -0.4 is 0 Å². The summed E-state index contributed by atoms with van der Waals surface area (Å²) in [5.74, 6) is 0.614. The molecule has 6 nitrogen and oxygen atoms in total. The van der Waals surface area contributed by atoms with Gasteiger partial charge in [0.05, 0.1) is 7.05 Å². The first kappa shape index (κ1) is 8.10. The molecule has 0 aromatic carbocycles. The van der Waals surface area contributed by atoms with Crippen LogP contribution in [0.5, 0.6) is 0 Å². The average molecular weight is 200 g/mol. The van der Waals surface area contributed by atoms with Crippen molar-refractivity contribution < 1.29 is 0 Å². The van der Waals surface area contributed by atoms with Crippen molar-refractivity contribution in [1.29, 1.82) is 0 Å². The minimum absolute atomic E-state index is 0.614. The van der Waals surface area contributed by atoms with Crippen LogP contribution in [0.3, 0.4) is 0 Å². The maximum absolute atomic E-state index is 4.19. The molecule has 74 valence electrons. The molecule has 3 rings (SSSR count). The molecule has 0 aliphatic rings. The molecule has 0 amide bonds. The lowest BCUT2D eigenvalue weighted by molar-refractivity contribution is 0.630. The first-order chi connectivity index (χ1) is 7.33. The number of rotatable bonds is 1. The van der Waals surface area contributed by atoms with E-state index in [2.05, 4.69) is 20.4 Å². The zero-order chi connectivity index (χ0) is 10.3. The van der Waals surface area contributed by atoms with Crippen molar-refractivity contribution in [3.8, 4) is 11.4 Å². The van der Waals surface area contributed by atoms with E-state index in [0.29, 0.717) is 5.82 Å². The van der Waals surface area contributed by atoms with Gasteiger partial charge in [0.1, 0.15) is 5.65 Å². The van der Waals surface area contributed by atoms with E-state index in [-0.39, 0.29) is 0 Å². The number of hydrogen-bond donors (Lipinski definition) is 0. The van der Waals surface area contributed by atoms with Gasteiger partial charge in [0.15, 0.2) is 0 Å².